The van der Waals surface area contributed by atoms with Gasteiger partial charge in [-0.05, 0) is 18.9 Å². The fourth-order valence-corrected chi connectivity index (χ4v) is 3.23. The maximum atomic E-state index is 12.8. The zero-order valence-electron chi connectivity index (χ0n) is 13.0. The van der Waals surface area contributed by atoms with Gasteiger partial charge < -0.3 is 4.74 Å². The first-order valence-electron chi connectivity index (χ1n) is 7.79. The molecule has 0 spiro atoms. The van der Waals surface area contributed by atoms with Crippen molar-refractivity contribution in [2.75, 3.05) is 13.7 Å². The highest BCUT2D eigenvalue weighted by Gasteiger charge is 2.24. The van der Waals surface area contributed by atoms with Crippen molar-refractivity contribution < 1.29 is 9.66 Å². The van der Waals surface area contributed by atoms with E-state index in [-0.39, 0.29) is 22.6 Å². The molecular formula is C16H19N3O4. The summed E-state index contributed by atoms with van der Waals surface area (Å²) in [6.07, 6.45) is 4.34. The second kappa shape index (κ2) is 6.45. The number of methoxy groups -OCH3 is 1. The zero-order chi connectivity index (χ0) is 16.4. The number of benzene rings is 1. The van der Waals surface area contributed by atoms with Gasteiger partial charge in [0.05, 0.1) is 29.0 Å². The van der Waals surface area contributed by atoms with E-state index >= 15 is 0 Å². The fraction of sp³-hybridized carbons (Fsp3) is 0.500. The van der Waals surface area contributed by atoms with Gasteiger partial charge in [0.25, 0.3) is 11.2 Å². The zero-order valence-corrected chi connectivity index (χ0v) is 13.0. The summed E-state index contributed by atoms with van der Waals surface area (Å²) in [6.45, 7) is 0.814. The molecule has 0 aliphatic heterocycles. The molecule has 0 radical (unpaired) electrons. The molecule has 1 aliphatic carbocycles. The number of nitrogens with zero attached hydrogens (tertiary/aromatic N) is 3. The Morgan fingerprint density at radius 2 is 2.13 bits per heavy atom. The molecule has 1 aliphatic rings. The van der Waals surface area contributed by atoms with Gasteiger partial charge >= 0.3 is 0 Å². The van der Waals surface area contributed by atoms with Crippen molar-refractivity contribution in [3.05, 3.63) is 44.5 Å². The maximum Gasteiger partial charge on any atom is 0.270 e. The van der Waals surface area contributed by atoms with Gasteiger partial charge in [-0.3, -0.25) is 19.5 Å². The number of nitro groups is 1. The van der Waals surface area contributed by atoms with E-state index in [1.54, 1.807) is 17.7 Å². The Hall–Kier alpha value is -2.28. The van der Waals surface area contributed by atoms with Crippen LogP contribution in [0, 0.1) is 10.1 Å². The molecule has 0 atom stereocenters. The summed E-state index contributed by atoms with van der Waals surface area (Å²) in [5.74, 6) is 1.06. The van der Waals surface area contributed by atoms with Crippen molar-refractivity contribution in [2.45, 2.75) is 38.1 Å². The van der Waals surface area contributed by atoms with Crippen LogP contribution in [-0.2, 0) is 11.3 Å². The van der Waals surface area contributed by atoms with Gasteiger partial charge in [-0.1, -0.05) is 12.8 Å². The molecule has 1 aromatic heterocycles. The van der Waals surface area contributed by atoms with Crippen molar-refractivity contribution >= 4 is 16.6 Å². The Bertz CT molecular complexity index is 794. The first-order valence-corrected chi connectivity index (χ1v) is 7.79. The summed E-state index contributed by atoms with van der Waals surface area (Å²) >= 11 is 0. The monoisotopic (exact) mass is 317 g/mol. The van der Waals surface area contributed by atoms with E-state index in [1.165, 1.54) is 12.1 Å². The van der Waals surface area contributed by atoms with E-state index in [0.717, 1.165) is 31.5 Å². The Balaban J connectivity index is 2.19. The molecule has 2 aromatic rings. The third-order valence-electron chi connectivity index (χ3n) is 4.42. The normalized spacial score (nSPS) is 15.3. The largest absolute Gasteiger partial charge is 0.383 e. The number of non-ortho nitro benzene ring substituents is 1. The Morgan fingerprint density at radius 3 is 2.78 bits per heavy atom. The molecule has 7 nitrogen and oxygen atoms in total. The summed E-state index contributed by atoms with van der Waals surface area (Å²) in [4.78, 5) is 27.9. The van der Waals surface area contributed by atoms with Gasteiger partial charge in [-0.25, -0.2) is 4.98 Å². The Labute approximate surface area is 133 Å². The topological polar surface area (TPSA) is 87.3 Å². The highest BCUT2D eigenvalue weighted by molar-refractivity contribution is 5.80. The number of aromatic nitrogens is 2. The number of hydrogen-bond acceptors (Lipinski definition) is 5. The van der Waals surface area contributed by atoms with Gasteiger partial charge in [0, 0.05) is 25.2 Å². The average Bonchev–Trinajstić information content (AvgIpc) is 3.07. The molecule has 3 rings (SSSR count). The van der Waals surface area contributed by atoms with Crippen LogP contribution < -0.4 is 5.56 Å². The van der Waals surface area contributed by atoms with Gasteiger partial charge in [-0.15, -0.1) is 0 Å². The van der Waals surface area contributed by atoms with Crippen molar-refractivity contribution in [3.8, 4) is 0 Å². The predicted octanol–water partition coefficient (Wildman–Crippen LogP) is 2.61. The maximum absolute atomic E-state index is 12.8. The fourth-order valence-electron chi connectivity index (χ4n) is 3.23. The van der Waals surface area contributed by atoms with Gasteiger partial charge in [-0.2, -0.15) is 0 Å². The van der Waals surface area contributed by atoms with Crippen molar-refractivity contribution in [3.63, 3.8) is 0 Å². The van der Waals surface area contributed by atoms with E-state index in [1.807, 2.05) is 0 Å². The van der Waals surface area contributed by atoms with Gasteiger partial charge in [0.1, 0.15) is 5.82 Å². The molecule has 122 valence electrons. The Morgan fingerprint density at radius 1 is 1.39 bits per heavy atom. The van der Waals surface area contributed by atoms with Crippen LogP contribution in [0.2, 0.25) is 0 Å². The van der Waals surface area contributed by atoms with E-state index in [2.05, 4.69) is 4.98 Å². The molecule has 0 bridgehead atoms. The third-order valence-corrected chi connectivity index (χ3v) is 4.42. The lowest BCUT2D eigenvalue weighted by Gasteiger charge is -2.17. The van der Waals surface area contributed by atoms with E-state index < -0.39 is 4.92 Å². The lowest BCUT2D eigenvalue weighted by molar-refractivity contribution is -0.384. The van der Waals surface area contributed by atoms with Crippen LogP contribution in [0.5, 0.6) is 0 Å². The summed E-state index contributed by atoms with van der Waals surface area (Å²) in [6, 6.07) is 4.27. The van der Waals surface area contributed by atoms with Crippen molar-refractivity contribution in [2.24, 2.45) is 0 Å². The van der Waals surface area contributed by atoms with Crippen LogP contribution in [0.1, 0.15) is 37.4 Å². The van der Waals surface area contributed by atoms with Gasteiger partial charge in [0.2, 0.25) is 0 Å². The van der Waals surface area contributed by atoms with Crippen molar-refractivity contribution in [1.29, 1.82) is 0 Å². The van der Waals surface area contributed by atoms with Crippen LogP contribution in [-0.4, -0.2) is 28.2 Å². The minimum Gasteiger partial charge on any atom is -0.383 e. The van der Waals surface area contributed by atoms with Crippen LogP contribution in [0.4, 0.5) is 5.69 Å². The number of nitro benzene ring substituents is 1. The lowest BCUT2D eigenvalue weighted by atomic mass is 10.1. The standard InChI is InChI=1S/C16H19N3O4/c1-23-9-8-18-15(11-4-2-3-5-11)17-14-7-6-12(19(21)22)10-13(14)16(18)20/h6-7,10-11H,2-5,8-9H2,1H3. The quantitative estimate of drug-likeness (QED) is 0.625. The Kier molecular flexibility index (Phi) is 4.38. The van der Waals surface area contributed by atoms with E-state index in [4.69, 9.17) is 4.74 Å². The van der Waals surface area contributed by atoms with Gasteiger partial charge in [0.15, 0.2) is 0 Å². The van der Waals surface area contributed by atoms with Crippen LogP contribution in [0.15, 0.2) is 23.0 Å². The minimum absolute atomic E-state index is 0.0942. The smallest absolute Gasteiger partial charge is 0.270 e. The molecule has 0 saturated heterocycles. The molecule has 1 aromatic carbocycles. The van der Waals surface area contributed by atoms with Crippen LogP contribution >= 0.6 is 0 Å². The number of hydrogen-bond donors (Lipinski definition) is 0. The van der Waals surface area contributed by atoms with Crippen LogP contribution in [0.3, 0.4) is 0 Å². The molecule has 0 unspecified atom stereocenters. The lowest BCUT2D eigenvalue weighted by Crippen LogP contribution is -2.28. The highest BCUT2D eigenvalue weighted by Crippen LogP contribution is 2.33. The molecule has 0 N–H and O–H groups in total. The molecule has 23 heavy (non-hydrogen) atoms. The molecular weight excluding hydrogens is 298 g/mol. The number of fused-ring (bicyclic) bond motifs is 1. The summed E-state index contributed by atoms with van der Waals surface area (Å²) in [5.41, 5.74) is 0.206. The first-order chi connectivity index (χ1) is 11.1. The second-order valence-corrected chi connectivity index (χ2v) is 5.86. The summed E-state index contributed by atoms with van der Waals surface area (Å²) in [7, 11) is 1.58. The predicted molar refractivity (Wildman–Crippen MR) is 85.7 cm³/mol. The van der Waals surface area contributed by atoms with E-state index in [0.29, 0.717) is 18.7 Å². The van der Waals surface area contributed by atoms with Crippen LogP contribution in [0.25, 0.3) is 10.9 Å². The second-order valence-electron chi connectivity index (χ2n) is 5.86. The molecule has 1 saturated carbocycles. The average molecular weight is 317 g/mol. The first kappa shape index (κ1) is 15.6. The SMILES string of the molecule is COCCn1c(C2CCCC2)nc2ccc([N+](=O)[O-])cc2c1=O. The highest BCUT2D eigenvalue weighted by atomic mass is 16.6. The molecule has 1 fully saturated rings. The summed E-state index contributed by atoms with van der Waals surface area (Å²) in [5, 5.41) is 11.2. The third kappa shape index (κ3) is 2.96. The number of rotatable bonds is 5. The molecule has 0 amide bonds. The molecule has 7 heteroatoms. The number of ether oxygens (including phenoxy) is 1. The van der Waals surface area contributed by atoms with Crippen molar-refractivity contribution in [1.82, 2.24) is 9.55 Å². The van der Waals surface area contributed by atoms with E-state index in [9.17, 15) is 14.9 Å². The summed E-state index contributed by atoms with van der Waals surface area (Å²) < 4.78 is 6.73. The minimum atomic E-state index is -0.497. The molecule has 1 heterocycles.